The molecule has 2 aromatic rings. The summed E-state index contributed by atoms with van der Waals surface area (Å²) in [7, 11) is 0. The summed E-state index contributed by atoms with van der Waals surface area (Å²) in [5.74, 6) is 0. The van der Waals surface area contributed by atoms with Crippen molar-refractivity contribution in [1.82, 2.24) is 5.32 Å². The average Bonchev–Trinajstić information content (AvgIpc) is 2.81. The van der Waals surface area contributed by atoms with Crippen molar-refractivity contribution in [2.75, 3.05) is 6.54 Å². The van der Waals surface area contributed by atoms with Gasteiger partial charge < -0.3 is 5.32 Å². The summed E-state index contributed by atoms with van der Waals surface area (Å²) in [6.07, 6.45) is 1.14. The molecule has 4 heteroatoms. The van der Waals surface area contributed by atoms with Crippen LogP contribution in [-0.2, 0) is 0 Å². The second-order valence-electron chi connectivity index (χ2n) is 4.48. The Labute approximate surface area is 135 Å². The molecule has 1 atom stereocenters. The van der Waals surface area contributed by atoms with E-state index in [1.165, 1.54) is 24.3 Å². The second-order valence-corrected chi connectivity index (χ2v) is 7.83. The summed E-state index contributed by atoms with van der Waals surface area (Å²) in [6.45, 7) is 5.39. The summed E-state index contributed by atoms with van der Waals surface area (Å²) in [4.78, 5) is 1.35. The third kappa shape index (κ3) is 3.69. The van der Waals surface area contributed by atoms with Crippen LogP contribution < -0.4 is 5.32 Å². The van der Waals surface area contributed by atoms with Crippen LogP contribution in [0.2, 0.25) is 0 Å². The van der Waals surface area contributed by atoms with Crippen LogP contribution in [0.15, 0.2) is 38.6 Å². The molecule has 1 heterocycles. The molecule has 1 aromatic carbocycles. The van der Waals surface area contributed by atoms with Gasteiger partial charge in [-0.2, -0.15) is 0 Å². The van der Waals surface area contributed by atoms with Gasteiger partial charge in [0.15, 0.2) is 0 Å². The van der Waals surface area contributed by atoms with E-state index >= 15 is 0 Å². The highest BCUT2D eigenvalue weighted by atomic mass is 79.9. The monoisotopic (exact) mass is 401 g/mol. The molecule has 0 aliphatic heterocycles. The van der Waals surface area contributed by atoms with Gasteiger partial charge in [0.25, 0.3) is 0 Å². The zero-order chi connectivity index (χ0) is 13.8. The van der Waals surface area contributed by atoms with Gasteiger partial charge in [-0.15, -0.1) is 11.3 Å². The first-order valence-electron chi connectivity index (χ1n) is 6.37. The zero-order valence-electron chi connectivity index (χ0n) is 11.0. The maximum absolute atomic E-state index is 3.65. The van der Waals surface area contributed by atoms with E-state index in [1.807, 2.05) is 0 Å². The first-order valence-corrected chi connectivity index (χ1v) is 8.77. The molecule has 0 aliphatic rings. The maximum atomic E-state index is 3.65. The van der Waals surface area contributed by atoms with Crippen molar-refractivity contribution < 1.29 is 0 Å². The molecule has 0 radical (unpaired) electrons. The van der Waals surface area contributed by atoms with Crippen LogP contribution in [0.3, 0.4) is 0 Å². The average molecular weight is 403 g/mol. The molecular weight excluding hydrogens is 386 g/mol. The Balaban J connectivity index is 2.39. The van der Waals surface area contributed by atoms with Crippen LogP contribution >= 0.6 is 43.2 Å². The van der Waals surface area contributed by atoms with E-state index in [9.17, 15) is 0 Å². The van der Waals surface area contributed by atoms with E-state index in [2.05, 4.69) is 81.4 Å². The van der Waals surface area contributed by atoms with Gasteiger partial charge >= 0.3 is 0 Å². The van der Waals surface area contributed by atoms with Crippen molar-refractivity contribution in [3.8, 4) is 0 Å². The summed E-state index contributed by atoms with van der Waals surface area (Å²) >= 11 is 8.98. The van der Waals surface area contributed by atoms with E-state index < -0.39 is 0 Å². The van der Waals surface area contributed by atoms with Crippen LogP contribution in [-0.4, -0.2) is 6.54 Å². The minimum Gasteiger partial charge on any atom is -0.306 e. The molecule has 0 saturated heterocycles. The Morgan fingerprint density at radius 1 is 1.21 bits per heavy atom. The van der Waals surface area contributed by atoms with E-state index in [4.69, 9.17) is 0 Å². The van der Waals surface area contributed by atoms with Gasteiger partial charge in [0.2, 0.25) is 0 Å². The van der Waals surface area contributed by atoms with Crippen molar-refractivity contribution in [3.63, 3.8) is 0 Å². The summed E-state index contributed by atoms with van der Waals surface area (Å²) < 4.78 is 2.35. The number of hydrogen-bond donors (Lipinski definition) is 1. The molecule has 1 aromatic heterocycles. The Kier molecular flexibility index (Phi) is 5.63. The van der Waals surface area contributed by atoms with E-state index in [1.54, 1.807) is 11.3 Å². The van der Waals surface area contributed by atoms with Gasteiger partial charge in [-0.3, -0.25) is 0 Å². The normalized spacial score (nSPS) is 12.6. The SMILES string of the molecule is CCCNC(c1ccc(Br)s1)c1cccc(Br)c1C. The van der Waals surface area contributed by atoms with Crippen LogP contribution in [0, 0.1) is 6.92 Å². The minimum atomic E-state index is 0.272. The van der Waals surface area contributed by atoms with Gasteiger partial charge in [0.05, 0.1) is 9.83 Å². The fourth-order valence-corrected chi connectivity index (χ4v) is 3.97. The lowest BCUT2D eigenvalue weighted by Crippen LogP contribution is -2.23. The number of halogens is 2. The lowest BCUT2D eigenvalue weighted by molar-refractivity contribution is 0.603. The predicted molar refractivity (Wildman–Crippen MR) is 91.0 cm³/mol. The van der Waals surface area contributed by atoms with E-state index in [-0.39, 0.29) is 6.04 Å². The van der Waals surface area contributed by atoms with Gasteiger partial charge in [-0.05, 0) is 65.1 Å². The third-order valence-electron chi connectivity index (χ3n) is 3.10. The molecule has 0 amide bonds. The van der Waals surface area contributed by atoms with Crippen molar-refractivity contribution >= 4 is 43.2 Å². The Morgan fingerprint density at radius 2 is 2.00 bits per heavy atom. The molecule has 0 fully saturated rings. The molecule has 1 N–H and O–H groups in total. The van der Waals surface area contributed by atoms with Crippen molar-refractivity contribution in [2.24, 2.45) is 0 Å². The van der Waals surface area contributed by atoms with Crippen LogP contribution in [0.1, 0.15) is 35.4 Å². The predicted octanol–water partition coefficient (Wildman–Crippen LogP) is 5.67. The lowest BCUT2D eigenvalue weighted by Gasteiger charge is -2.20. The van der Waals surface area contributed by atoms with Crippen LogP contribution in [0.25, 0.3) is 0 Å². The molecule has 19 heavy (non-hydrogen) atoms. The van der Waals surface area contributed by atoms with Crippen molar-refractivity contribution in [2.45, 2.75) is 26.3 Å². The smallest absolute Gasteiger partial charge is 0.0702 e. The highest BCUT2D eigenvalue weighted by Gasteiger charge is 2.18. The molecule has 0 aliphatic carbocycles. The Morgan fingerprint density at radius 3 is 2.63 bits per heavy atom. The number of benzene rings is 1. The first kappa shape index (κ1) is 15.2. The van der Waals surface area contributed by atoms with E-state index in [0.29, 0.717) is 0 Å². The van der Waals surface area contributed by atoms with Gasteiger partial charge in [0.1, 0.15) is 0 Å². The molecule has 0 spiro atoms. The van der Waals surface area contributed by atoms with Crippen molar-refractivity contribution in [3.05, 3.63) is 54.6 Å². The fourth-order valence-electron chi connectivity index (χ4n) is 2.07. The highest BCUT2D eigenvalue weighted by molar-refractivity contribution is 9.11. The minimum absolute atomic E-state index is 0.272. The number of hydrogen-bond acceptors (Lipinski definition) is 2. The third-order valence-corrected chi connectivity index (χ3v) is 5.65. The first-order chi connectivity index (χ1) is 9.13. The summed E-state index contributed by atoms with van der Waals surface area (Å²) in [5, 5.41) is 3.65. The zero-order valence-corrected chi connectivity index (χ0v) is 15.0. The number of rotatable bonds is 5. The Hall–Kier alpha value is -0.160. The second kappa shape index (κ2) is 7.02. The molecule has 0 saturated carbocycles. The fraction of sp³-hybridized carbons (Fsp3) is 0.333. The molecule has 1 unspecified atom stereocenters. The van der Waals surface area contributed by atoms with Gasteiger partial charge in [-0.1, -0.05) is 35.0 Å². The molecular formula is C15H17Br2NS. The highest BCUT2D eigenvalue weighted by Crippen LogP contribution is 2.34. The maximum Gasteiger partial charge on any atom is 0.0702 e. The molecule has 0 bridgehead atoms. The molecule has 2 rings (SSSR count). The number of thiophene rings is 1. The van der Waals surface area contributed by atoms with Crippen LogP contribution in [0.5, 0.6) is 0 Å². The Bertz CT molecular complexity index is 551. The molecule has 1 nitrogen and oxygen atoms in total. The summed E-state index contributed by atoms with van der Waals surface area (Å²) in [6, 6.07) is 11.0. The largest absolute Gasteiger partial charge is 0.306 e. The van der Waals surface area contributed by atoms with Gasteiger partial charge in [-0.25, -0.2) is 0 Å². The van der Waals surface area contributed by atoms with Crippen molar-refractivity contribution in [1.29, 1.82) is 0 Å². The van der Waals surface area contributed by atoms with E-state index in [0.717, 1.165) is 13.0 Å². The molecule has 102 valence electrons. The summed E-state index contributed by atoms with van der Waals surface area (Å²) in [5.41, 5.74) is 2.65. The lowest BCUT2D eigenvalue weighted by atomic mass is 10.00. The quantitative estimate of drug-likeness (QED) is 0.679. The van der Waals surface area contributed by atoms with Gasteiger partial charge in [0, 0.05) is 9.35 Å². The standard InChI is InChI=1S/C15H17Br2NS/c1-3-9-18-15(13-7-8-14(17)19-13)11-5-4-6-12(16)10(11)2/h4-8,15,18H,3,9H2,1-2H3. The van der Waals surface area contributed by atoms with Crippen LogP contribution in [0.4, 0.5) is 0 Å². The number of nitrogens with one attached hydrogen (secondary N) is 1. The topological polar surface area (TPSA) is 12.0 Å².